The molecule has 30 heavy (non-hydrogen) atoms. The third-order valence-electron chi connectivity index (χ3n) is 5.35. The highest BCUT2D eigenvalue weighted by atomic mass is 32.1. The minimum absolute atomic E-state index is 0.705. The van der Waals surface area contributed by atoms with E-state index in [0.717, 1.165) is 63.2 Å². The first-order valence-electron chi connectivity index (χ1n) is 10.7. The maximum absolute atomic E-state index is 5.78. The number of aryl methyl sites for hydroxylation is 1. The van der Waals surface area contributed by atoms with Gasteiger partial charge >= 0.3 is 0 Å². The van der Waals surface area contributed by atoms with E-state index in [1.54, 1.807) is 7.11 Å². The van der Waals surface area contributed by atoms with Crippen LogP contribution in [0.5, 0.6) is 5.75 Å². The van der Waals surface area contributed by atoms with E-state index >= 15 is 0 Å². The molecule has 1 N–H and O–H groups in total. The van der Waals surface area contributed by atoms with Crippen LogP contribution in [-0.4, -0.2) is 61.4 Å². The van der Waals surface area contributed by atoms with Crippen molar-refractivity contribution in [1.82, 2.24) is 15.1 Å². The Bertz CT molecular complexity index is 791. The zero-order valence-corrected chi connectivity index (χ0v) is 18.9. The highest BCUT2D eigenvalue weighted by Gasteiger charge is 2.14. The molecule has 1 fully saturated rings. The number of hydrogen-bond acceptors (Lipinski definition) is 4. The molecule has 6 heteroatoms. The number of methoxy groups -OCH3 is 1. The molecule has 1 aliphatic rings. The molecule has 1 heterocycles. The van der Waals surface area contributed by atoms with Gasteiger partial charge in [0.2, 0.25) is 0 Å². The number of rotatable bonds is 9. The minimum Gasteiger partial charge on any atom is -0.497 e. The van der Waals surface area contributed by atoms with Gasteiger partial charge in [0.1, 0.15) is 5.75 Å². The molecule has 2 aromatic rings. The molecule has 1 saturated heterocycles. The fourth-order valence-electron chi connectivity index (χ4n) is 3.63. The molecule has 1 aliphatic heterocycles. The summed E-state index contributed by atoms with van der Waals surface area (Å²) in [5.41, 5.74) is 3.75. The van der Waals surface area contributed by atoms with E-state index in [9.17, 15) is 0 Å². The van der Waals surface area contributed by atoms with Crippen molar-refractivity contribution in [2.75, 3.05) is 46.5 Å². The number of morpholine rings is 1. The molecule has 0 amide bonds. The molecule has 5 nitrogen and oxygen atoms in total. The maximum atomic E-state index is 5.78. The van der Waals surface area contributed by atoms with Crippen molar-refractivity contribution in [2.24, 2.45) is 0 Å². The predicted molar refractivity (Wildman–Crippen MR) is 126 cm³/mol. The van der Waals surface area contributed by atoms with Crippen LogP contribution >= 0.6 is 12.2 Å². The second-order valence-corrected chi connectivity index (χ2v) is 8.11. The van der Waals surface area contributed by atoms with Gasteiger partial charge in [-0.2, -0.15) is 0 Å². The van der Waals surface area contributed by atoms with Crippen LogP contribution in [0.4, 0.5) is 0 Å². The van der Waals surface area contributed by atoms with Crippen molar-refractivity contribution in [3.05, 3.63) is 65.2 Å². The number of thiocarbonyl (C=S) groups is 1. The Labute approximate surface area is 186 Å². The number of hydrogen-bond donors (Lipinski definition) is 1. The zero-order chi connectivity index (χ0) is 21.2. The van der Waals surface area contributed by atoms with Crippen LogP contribution in [0.15, 0.2) is 48.5 Å². The minimum atomic E-state index is 0.705. The van der Waals surface area contributed by atoms with E-state index in [1.807, 2.05) is 12.1 Å². The number of benzene rings is 2. The molecule has 0 aliphatic carbocycles. The molecule has 3 rings (SSSR count). The van der Waals surface area contributed by atoms with Gasteiger partial charge in [-0.1, -0.05) is 42.0 Å². The summed E-state index contributed by atoms with van der Waals surface area (Å²) in [6.45, 7) is 9.40. The lowest BCUT2D eigenvalue weighted by Gasteiger charge is -2.30. The fourth-order valence-corrected chi connectivity index (χ4v) is 3.85. The summed E-state index contributed by atoms with van der Waals surface area (Å²) in [7, 11) is 1.68. The Kier molecular flexibility index (Phi) is 8.93. The van der Waals surface area contributed by atoms with Crippen LogP contribution in [0.25, 0.3) is 0 Å². The number of nitrogens with one attached hydrogen (secondary N) is 1. The first-order chi connectivity index (χ1) is 14.6. The lowest BCUT2D eigenvalue weighted by atomic mass is 10.1. The fraction of sp³-hybridized carbons (Fsp3) is 0.458. The summed E-state index contributed by atoms with van der Waals surface area (Å²) in [4.78, 5) is 4.76. The van der Waals surface area contributed by atoms with E-state index in [4.69, 9.17) is 21.7 Å². The van der Waals surface area contributed by atoms with Gasteiger partial charge in [-0.05, 0) is 48.8 Å². The van der Waals surface area contributed by atoms with Crippen molar-refractivity contribution >= 4 is 17.3 Å². The lowest BCUT2D eigenvalue weighted by Crippen LogP contribution is -2.42. The van der Waals surface area contributed by atoms with E-state index in [-0.39, 0.29) is 0 Å². The molecule has 0 bridgehead atoms. The largest absolute Gasteiger partial charge is 0.497 e. The molecular weight excluding hydrogens is 394 g/mol. The monoisotopic (exact) mass is 427 g/mol. The molecule has 162 valence electrons. The summed E-state index contributed by atoms with van der Waals surface area (Å²) in [5.74, 6) is 0.866. The molecule has 0 aromatic heterocycles. The summed E-state index contributed by atoms with van der Waals surface area (Å²) in [6, 6.07) is 16.8. The van der Waals surface area contributed by atoms with Crippen molar-refractivity contribution in [2.45, 2.75) is 26.4 Å². The van der Waals surface area contributed by atoms with Crippen LogP contribution in [0.2, 0.25) is 0 Å². The Morgan fingerprint density at radius 2 is 1.90 bits per heavy atom. The Morgan fingerprint density at radius 1 is 1.13 bits per heavy atom. The average Bonchev–Trinajstić information content (AvgIpc) is 2.78. The molecular formula is C24H33N3O2S. The number of ether oxygens (including phenoxy) is 2. The van der Waals surface area contributed by atoms with Crippen LogP contribution < -0.4 is 10.1 Å². The zero-order valence-electron chi connectivity index (χ0n) is 18.1. The average molecular weight is 428 g/mol. The highest BCUT2D eigenvalue weighted by Crippen LogP contribution is 2.12. The summed E-state index contributed by atoms with van der Waals surface area (Å²) in [5, 5.41) is 4.24. The molecule has 0 spiro atoms. The second kappa shape index (κ2) is 11.9. The van der Waals surface area contributed by atoms with Gasteiger partial charge in [0, 0.05) is 39.3 Å². The van der Waals surface area contributed by atoms with Gasteiger partial charge in [0.25, 0.3) is 0 Å². The van der Waals surface area contributed by atoms with Gasteiger partial charge in [0.15, 0.2) is 5.11 Å². The molecule has 2 aromatic carbocycles. The first-order valence-corrected chi connectivity index (χ1v) is 11.1. The summed E-state index contributed by atoms with van der Waals surface area (Å²) < 4.78 is 10.7. The first kappa shape index (κ1) is 22.5. The Balaban J connectivity index is 1.56. The molecule has 0 unspecified atom stereocenters. The predicted octanol–water partition coefficient (Wildman–Crippen LogP) is 3.60. The van der Waals surface area contributed by atoms with Crippen molar-refractivity contribution in [3.63, 3.8) is 0 Å². The maximum Gasteiger partial charge on any atom is 0.169 e. The van der Waals surface area contributed by atoms with E-state index in [1.165, 1.54) is 16.7 Å². The van der Waals surface area contributed by atoms with Gasteiger partial charge in [-0.25, -0.2) is 0 Å². The van der Waals surface area contributed by atoms with Gasteiger partial charge < -0.3 is 19.7 Å². The van der Waals surface area contributed by atoms with Crippen molar-refractivity contribution in [1.29, 1.82) is 0 Å². The third kappa shape index (κ3) is 7.27. The van der Waals surface area contributed by atoms with Gasteiger partial charge in [0.05, 0.1) is 20.3 Å². The Morgan fingerprint density at radius 3 is 2.60 bits per heavy atom. The lowest BCUT2D eigenvalue weighted by molar-refractivity contribution is 0.0367. The molecule has 0 radical (unpaired) electrons. The topological polar surface area (TPSA) is 37.0 Å². The quantitative estimate of drug-likeness (QED) is 0.617. The number of nitrogens with zero attached hydrogens (tertiary/aromatic N) is 2. The van der Waals surface area contributed by atoms with E-state index < -0.39 is 0 Å². The SMILES string of the molecule is COc1ccc(CNC(=S)N(CCCN2CCOCC2)Cc2cccc(C)c2)cc1. The van der Waals surface area contributed by atoms with Crippen LogP contribution in [0, 0.1) is 6.92 Å². The van der Waals surface area contributed by atoms with E-state index in [2.05, 4.69) is 58.4 Å². The summed E-state index contributed by atoms with van der Waals surface area (Å²) >= 11 is 5.78. The Hall–Kier alpha value is -2.15. The van der Waals surface area contributed by atoms with Crippen LogP contribution in [-0.2, 0) is 17.8 Å². The molecule has 0 atom stereocenters. The highest BCUT2D eigenvalue weighted by molar-refractivity contribution is 7.80. The van der Waals surface area contributed by atoms with Crippen LogP contribution in [0.3, 0.4) is 0 Å². The van der Waals surface area contributed by atoms with Gasteiger partial charge in [-0.15, -0.1) is 0 Å². The van der Waals surface area contributed by atoms with E-state index in [0.29, 0.717) is 6.54 Å². The summed E-state index contributed by atoms with van der Waals surface area (Å²) in [6.07, 6.45) is 1.08. The van der Waals surface area contributed by atoms with Crippen molar-refractivity contribution < 1.29 is 9.47 Å². The van der Waals surface area contributed by atoms with Crippen LogP contribution in [0.1, 0.15) is 23.1 Å². The second-order valence-electron chi connectivity index (χ2n) is 7.72. The smallest absolute Gasteiger partial charge is 0.169 e. The normalized spacial score (nSPS) is 14.3. The third-order valence-corrected chi connectivity index (χ3v) is 5.75. The van der Waals surface area contributed by atoms with Gasteiger partial charge in [-0.3, -0.25) is 4.90 Å². The van der Waals surface area contributed by atoms with Crippen molar-refractivity contribution in [3.8, 4) is 5.75 Å². The standard InChI is InChI=1S/C24H33N3O2S/c1-20-5-3-6-22(17-20)19-27(12-4-11-26-13-15-29-16-14-26)24(30)25-18-21-7-9-23(28-2)10-8-21/h3,5-10,17H,4,11-16,18-19H2,1-2H3,(H,25,30). The molecule has 0 saturated carbocycles.